The molecule has 5 N–H and O–H groups in total. The van der Waals surface area contributed by atoms with E-state index in [1.807, 2.05) is 12.1 Å². The molecular formula is C28H48Cl3N3O. The molecule has 0 unspecified atom stereocenters. The fraction of sp³-hybridized carbons (Fsp3) is 0.571. The third-order valence-corrected chi connectivity index (χ3v) is 6.05. The molecule has 0 radical (unpaired) electrons. The summed E-state index contributed by atoms with van der Waals surface area (Å²) in [5.74, 6) is 0.977. The van der Waals surface area contributed by atoms with Gasteiger partial charge in [-0.1, -0.05) is 76.1 Å². The van der Waals surface area contributed by atoms with Crippen LogP contribution in [0.1, 0.15) is 64.0 Å². The third kappa shape index (κ3) is 16.4. The zero-order valence-electron chi connectivity index (χ0n) is 21.6. The predicted molar refractivity (Wildman–Crippen MR) is 159 cm³/mol. The molecule has 0 aromatic heterocycles. The van der Waals surface area contributed by atoms with Crippen LogP contribution in [0.2, 0.25) is 0 Å². The van der Waals surface area contributed by atoms with Crippen LogP contribution in [-0.2, 0) is 12.8 Å². The van der Waals surface area contributed by atoms with Crippen LogP contribution in [0.5, 0.6) is 5.75 Å². The summed E-state index contributed by atoms with van der Waals surface area (Å²) in [6, 6.07) is 19.3. The van der Waals surface area contributed by atoms with Gasteiger partial charge in [0.05, 0.1) is 0 Å². The van der Waals surface area contributed by atoms with Crippen LogP contribution in [0.3, 0.4) is 0 Å². The molecule has 0 amide bonds. The van der Waals surface area contributed by atoms with Gasteiger partial charge in [-0.3, -0.25) is 0 Å². The van der Waals surface area contributed by atoms with Gasteiger partial charge in [0.25, 0.3) is 0 Å². The summed E-state index contributed by atoms with van der Waals surface area (Å²) in [5.41, 5.74) is 8.98. The monoisotopic (exact) mass is 547 g/mol. The molecule has 0 spiro atoms. The summed E-state index contributed by atoms with van der Waals surface area (Å²) in [6.45, 7) is 8.56. The number of rotatable bonds is 16. The van der Waals surface area contributed by atoms with E-state index in [0.29, 0.717) is 23.8 Å². The first-order valence-corrected chi connectivity index (χ1v) is 12.5. The highest BCUT2D eigenvalue weighted by molar-refractivity contribution is 5.86. The Bertz CT molecular complexity index is 732. The molecule has 0 bridgehead atoms. The zero-order valence-corrected chi connectivity index (χ0v) is 24.1. The standard InChI is InChI=1S/C28H45N3O.3ClH/c1-4-5-11-25(29)20-30-27(19-24-13-16-28(32)17-14-24)21-31-26(18-22(2)3)15-12-23-9-7-6-8-10-23;;;/h6-10,13-14,16-17,22,25-27,30-32H,4-5,11-12,15,18-21,29H2,1-3H3;3*1H/t25-,26+,27-;;;/m0.../s1. The maximum Gasteiger partial charge on any atom is 0.115 e. The number of hydrogen-bond acceptors (Lipinski definition) is 4. The van der Waals surface area contributed by atoms with Gasteiger partial charge < -0.3 is 21.5 Å². The number of aryl methyl sites for hydroxylation is 1. The molecule has 0 heterocycles. The number of nitrogens with one attached hydrogen (secondary N) is 2. The van der Waals surface area contributed by atoms with Crippen LogP contribution < -0.4 is 16.4 Å². The molecule has 0 aliphatic heterocycles. The smallest absolute Gasteiger partial charge is 0.115 e. The van der Waals surface area contributed by atoms with E-state index in [1.165, 1.54) is 30.4 Å². The molecule has 2 rings (SSSR count). The van der Waals surface area contributed by atoms with Crippen molar-refractivity contribution in [2.75, 3.05) is 13.1 Å². The molecule has 35 heavy (non-hydrogen) atoms. The SMILES string of the molecule is CCCC[C@H](N)CN[C@H](CN[C@H](CCc1ccccc1)CC(C)C)Cc1ccc(O)cc1.Cl.Cl.Cl. The van der Waals surface area contributed by atoms with Crippen LogP contribution >= 0.6 is 37.2 Å². The second kappa shape index (κ2) is 21.1. The van der Waals surface area contributed by atoms with Crippen LogP contribution in [0.4, 0.5) is 0 Å². The Hall–Kier alpha value is -1.01. The van der Waals surface area contributed by atoms with Crippen molar-refractivity contribution in [2.45, 2.75) is 83.8 Å². The molecule has 3 atom stereocenters. The summed E-state index contributed by atoms with van der Waals surface area (Å²) >= 11 is 0. The number of nitrogens with two attached hydrogens (primary N) is 1. The molecule has 4 nitrogen and oxygen atoms in total. The number of benzene rings is 2. The molecule has 2 aromatic carbocycles. The molecule has 202 valence electrons. The van der Waals surface area contributed by atoms with Gasteiger partial charge in [-0.05, 0) is 61.3 Å². The van der Waals surface area contributed by atoms with E-state index >= 15 is 0 Å². The van der Waals surface area contributed by atoms with E-state index in [0.717, 1.165) is 38.8 Å². The third-order valence-electron chi connectivity index (χ3n) is 6.05. The average Bonchev–Trinajstić information content (AvgIpc) is 2.79. The summed E-state index contributed by atoms with van der Waals surface area (Å²) in [6.07, 6.45) is 7.77. The van der Waals surface area contributed by atoms with Crippen molar-refractivity contribution >= 4 is 37.2 Å². The summed E-state index contributed by atoms with van der Waals surface area (Å²) in [7, 11) is 0. The summed E-state index contributed by atoms with van der Waals surface area (Å²) in [5, 5.41) is 17.2. The van der Waals surface area contributed by atoms with Gasteiger partial charge in [-0.2, -0.15) is 0 Å². The van der Waals surface area contributed by atoms with Crippen molar-refractivity contribution in [1.82, 2.24) is 10.6 Å². The van der Waals surface area contributed by atoms with Crippen LogP contribution in [0.15, 0.2) is 54.6 Å². The van der Waals surface area contributed by atoms with Gasteiger partial charge in [-0.15, -0.1) is 37.2 Å². The van der Waals surface area contributed by atoms with Crippen LogP contribution in [0, 0.1) is 5.92 Å². The molecule has 2 aromatic rings. The van der Waals surface area contributed by atoms with Gasteiger partial charge in [0.15, 0.2) is 0 Å². The van der Waals surface area contributed by atoms with Crippen LogP contribution in [-0.4, -0.2) is 36.3 Å². The highest BCUT2D eigenvalue weighted by atomic mass is 35.5. The lowest BCUT2D eigenvalue weighted by molar-refractivity contribution is 0.362. The first-order chi connectivity index (χ1) is 15.5. The first-order valence-electron chi connectivity index (χ1n) is 12.5. The van der Waals surface area contributed by atoms with Crippen molar-refractivity contribution in [3.05, 3.63) is 65.7 Å². The highest BCUT2D eigenvalue weighted by Gasteiger charge is 2.16. The normalized spacial score (nSPS) is 13.2. The Morgan fingerprint density at radius 2 is 1.43 bits per heavy atom. The van der Waals surface area contributed by atoms with E-state index in [1.54, 1.807) is 12.1 Å². The Morgan fingerprint density at radius 1 is 0.800 bits per heavy atom. The van der Waals surface area contributed by atoms with E-state index < -0.39 is 0 Å². The first kappa shape index (κ1) is 36.1. The lowest BCUT2D eigenvalue weighted by Gasteiger charge is -2.26. The van der Waals surface area contributed by atoms with Crippen LogP contribution in [0.25, 0.3) is 0 Å². The molecule has 0 aliphatic rings. The Labute approximate surface area is 232 Å². The van der Waals surface area contributed by atoms with Gasteiger partial charge in [0, 0.05) is 31.2 Å². The second-order valence-electron chi connectivity index (χ2n) is 9.64. The number of halogens is 3. The van der Waals surface area contributed by atoms with Crippen molar-refractivity contribution in [1.29, 1.82) is 0 Å². The predicted octanol–water partition coefficient (Wildman–Crippen LogP) is 6.31. The van der Waals surface area contributed by atoms with Crippen molar-refractivity contribution < 1.29 is 5.11 Å². The minimum atomic E-state index is 0. The summed E-state index contributed by atoms with van der Waals surface area (Å²) in [4.78, 5) is 0. The molecule has 0 aliphatic carbocycles. The molecule has 7 heteroatoms. The summed E-state index contributed by atoms with van der Waals surface area (Å²) < 4.78 is 0. The number of phenolic OH excluding ortho intramolecular Hbond substituents is 1. The van der Waals surface area contributed by atoms with Gasteiger partial charge in [0.2, 0.25) is 0 Å². The maximum atomic E-state index is 9.62. The topological polar surface area (TPSA) is 70.3 Å². The minimum Gasteiger partial charge on any atom is -0.508 e. The average molecular weight is 549 g/mol. The number of hydrogen-bond donors (Lipinski definition) is 4. The number of aromatic hydroxyl groups is 1. The van der Waals surface area contributed by atoms with Crippen molar-refractivity contribution in [2.24, 2.45) is 11.7 Å². The Balaban J connectivity index is 0. The Kier molecular flexibility index (Phi) is 21.8. The lowest BCUT2D eigenvalue weighted by Crippen LogP contribution is -2.47. The largest absolute Gasteiger partial charge is 0.508 e. The second-order valence-corrected chi connectivity index (χ2v) is 9.64. The Morgan fingerprint density at radius 3 is 2.03 bits per heavy atom. The molecule has 0 fully saturated rings. The minimum absolute atomic E-state index is 0. The van der Waals surface area contributed by atoms with E-state index in [-0.39, 0.29) is 43.3 Å². The molecular weight excluding hydrogens is 501 g/mol. The fourth-order valence-corrected chi connectivity index (χ4v) is 4.19. The van der Waals surface area contributed by atoms with Crippen molar-refractivity contribution in [3.63, 3.8) is 0 Å². The molecule has 0 saturated carbocycles. The fourth-order valence-electron chi connectivity index (χ4n) is 4.19. The van der Waals surface area contributed by atoms with Gasteiger partial charge >= 0.3 is 0 Å². The maximum absolute atomic E-state index is 9.62. The van der Waals surface area contributed by atoms with Gasteiger partial charge in [0.1, 0.15) is 5.75 Å². The van der Waals surface area contributed by atoms with Gasteiger partial charge in [-0.25, -0.2) is 0 Å². The zero-order chi connectivity index (χ0) is 23.2. The van der Waals surface area contributed by atoms with E-state index in [4.69, 9.17) is 5.73 Å². The van der Waals surface area contributed by atoms with E-state index in [2.05, 4.69) is 61.7 Å². The number of unbranched alkanes of at least 4 members (excludes halogenated alkanes) is 1. The van der Waals surface area contributed by atoms with E-state index in [9.17, 15) is 5.11 Å². The number of phenols is 1. The highest BCUT2D eigenvalue weighted by Crippen LogP contribution is 2.14. The molecule has 0 saturated heterocycles. The quantitative estimate of drug-likeness (QED) is 0.198. The van der Waals surface area contributed by atoms with Crippen molar-refractivity contribution in [3.8, 4) is 5.75 Å². The lowest BCUT2D eigenvalue weighted by atomic mass is 9.96.